The lowest BCUT2D eigenvalue weighted by molar-refractivity contribution is 0.0526. The zero-order chi connectivity index (χ0) is 20.6. The van der Waals surface area contributed by atoms with E-state index in [0.717, 1.165) is 5.69 Å². The molecule has 0 unspecified atom stereocenters. The molecule has 5 nitrogen and oxygen atoms in total. The van der Waals surface area contributed by atoms with Crippen molar-refractivity contribution in [2.75, 3.05) is 6.61 Å². The highest BCUT2D eigenvalue weighted by atomic mass is 35.5. The molecule has 1 aromatic heterocycles. The van der Waals surface area contributed by atoms with E-state index in [0.29, 0.717) is 56.5 Å². The Morgan fingerprint density at radius 3 is 2.61 bits per heavy atom. The predicted molar refractivity (Wildman–Crippen MR) is 111 cm³/mol. The average Bonchev–Trinajstić information content (AvgIpc) is 2.59. The Labute approximate surface area is 174 Å². The van der Waals surface area contributed by atoms with Crippen LogP contribution in [0.25, 0.3) is 11.1 Å². The van der Waals surface area contributed by atoms with Crippen LogP contribution in [0.15, 0.2) is 23.4 Å². The first-order chi connectivity index (χ1) is 13.2. The van der Waals surface area contributed by atoms with Crippen molar-refractivity contribution in [2.24, 2.45) is 10.6 Å². The van der Waals surface area contributed by atoms with Gasteiger partial charge in [0.05, 0.1) is 29.3 Å². The number of carbonyl (C=O) groups excluding carboxylic acids is 1. The summed E-state index contributed by atoms with van der Waals surface area (Å²) in [5, 5.41) is 14.2. The van der Waals surface area contributed by atoms with E-state index in [1.54, 1.807) is 32.0 Å². The van der Waals surface area contributed by atoms with E-state index < -0.39 is 5.97 Å². The minimum Gasteiger partial charge on any atom is -0.462 e. The number of aromatic nitrogens is 1. The Kier molecular flexibility index (Phi) is 5.69. The number of rotatable bonds is 3. The third-order valence-electron chi connectivity index (χ3n) is 4.83. The van der Waals surface area contributed by atoms with Gasteiger partial charge in [-0.1, -0.05) is 48.3 Å². The van der Waals surface area contributed by atoms with E-state index in [1.165, 1.54) is 0 Å². The molecule has 1 heterocycles. The fourth-order valence-electron chi connectivity index (χ4n) is 3.76. The second-order valence-corrected chi connectivity index (χ2v) is 8.52. The number of nitrogens with zero attached hydrogens (tertiary/aromatic N) is 2. The number of hydrogen-bond donors (Lipinski definition) is 1. The van der Waals surface area contributed by atoms with Crippen molar-refractivity contribution in [3.8, 4) is 11.1 Å². The van der Waals surface area contributed by atoms with Crippen LogP contribution in [0.3, 0.4) is 0 Å². The van der Waals surface area contributed by atoms with Crippen LogP contribution >= 0.6 is 23.2 Å². The molecule has 0 radical (unpaired) electrons. The molecule has 1 N–H and O–H groups in total. The van der Waals surface area contributed by atoms with Gasteiger partial charge in [-0.3, -0.25) is 4.98 Å². The van der Waals surface area contributed by atoms with Crippen LogP contribution in [0.1, 0.15) is 54.5 Å². The molecule has 1 aliphatic rings. The number of pyridine rings is 1. The van der Waals surface area contributed by atoms with Crippen LogP contribution in [0, 0.1) is 12.3 Å². The Balaban J connectivity index is 2.43. The summed E-state index contributed by atoms with van der Waals surface area (Å²) in [7, 11) is 0. The molecular formula is C21H22Cl2N2O3. The molecule has 0 aliphatic heterocycles. The van der Waals surface area contributed by atoms with E-state index in [9.17, 15) is 10.0 Å². The van der Waals surface area contributed by atoms with Gasteiger partial charge in [0.25, 0.3) is 0 Å². The summed E-state index contributed by atoms with van der Waals surface area (Å²) in [6.07, 6.45) is 1.23. The number of benzene rings is 1. The van der Waals surface area contributed by atoms with Crippen LogP contribution in [-0.4, -0.2) is 28.5 Å². The number of fused-ring (bicyclic) bond motifs is 1. The number of oxime groups is 1. The lowest BCUT2D eigenvalue weighted by atomic mass is 9.73. The van der Waals surface area contributed by atoms with Crippen LogP contribution in [0.4, 0.5) is 0 Å². The van der Waals surface area contributed by atoms with E-state index in [2.05, 4.69) is 24.0 Å². The number of ether oxygens (including phenoxy) is 1. The monoisotopic (exact) mass is 420 g/mol. The summed E-state index contributed by atoms with van der Waals surface area (Å²) in [6.45, 7) is 7.93. The van der Waals surface area contributed by atoms with Crippen molar-refractivity contribution in [3.63, 3.8) is 0 Å². The maximum Gasteiger partial charge on any atom is 0.340 e. The fraction of sp³-hybridized carbons (Fsp3) is 0.381. The lowest BCUT2D eigenvalue weighted by Crippen LogP contribution is -2.30. The molecule has 2 aromatic rings. The maximum atomic E-state index is 12.8. The molecule has 0 bridgehead atoms. The van der Waals surface area contributed by atoms with Gasteiger partial charge in [0, 0.05) is 26.7 Å². The number of carbonyl (C=O) groups is 1. The highest BCUT2D eigenvalue weighted by molar-refractivity contribution is 6.37. The Bertz CT molecular complexity index is 984. The van der Waals surface area contributed by atoms with E-state index in [4.69, 9.17) is 27.9 Å². The highest BCUT2D eigenvalue weighted by Gasteiger charge is 2.36. The van der Waals surface area contributed by atoms with Crippen LogP contribution < -0.4 is 0 Å². The normalized spacial score (nSPS) is 16.7. The number of aryl methyl sites for hydroxylation is 1. The summed E-state index contributed by atoms with van der Waals surface area (Å²) >= 11 is 12.6. The highest BCUT2D eigenvalue weighted by Crippen LogP contribution is 2.43. The zero-order valence-corrected chi connectivity index (χ0v) is 17.8. The minimum absolute atomic E-state index is 0.124. The van der Waals surface area contributed by atoms with Gasteiger partial charge >= 0.3 is 5.97 Å². The van der Waals surface area contributed by atoms with Crippen molar-refractivity contribution in [3.05, 3.63) is 50.8 Å². The van der Waals surface area contributed by atoms with Gasteiger partial charge in [-0.05, 0) is 44.2 Å². The molecule has 7 heteroatoms. The first kappa shape index (κ1) is 20.6. The molecule has 0 atom stereocenters. The standard InChI is InChI=1S/C21H22Cl2N2O3/c1-5-28-20(26)17-11(2)24-15-9-21(3,4)10-16(25-27)19(15)18(17)13-7-6-12(22)8-14(13)23/h6-8,27H,5,9-10H2,1-4H3. The summed E-state index contributed by atoms with van der Waals surface area (Å²) in [5.74, 6) is -0.488. The molecular weight excluding hydrogens is 399 g/mol. The summed E-state index contributed by atoms with van der Waals surface area (Å²) < 4.78 is 5.28. The van der Waals surface area contributed by atoms with Gasteiger partial charge in [-0.2, -0.15) is 0 Å². The fourth-order valence-corrected chi connectivity index (χ4v) is 4.26. The van der Waals surface area contributed by atoms with Gasteiger partial charge in [0.15, 0.2) is 0 Å². The van der Waals surface area contributed by atoms with E-state index >= 15 is 0 Å². The molecule has 0 saturated heterocycles. The molecule has 1 aliphatic carbocycles. The van der Waals surface area contributed by atoms with Gasteiger partial charge < -0.3 is 9.94 Å². The van der Waals surface area contributed by atoms with Gasteiger partial charge in [-0.15, -0.1) is 0 Å². The SMILES string of the molecule is CCOC(=O)c1c(C)nc2c(c1-c1ccc(Cl)cc1Cl)C(=NO)CC(C)(C)C2. The molecule has 0 amide bonds. The van der Waals surface area contributed by atoms with Gasteiger partial charge in [-0.25, -0.2) is 4.79 Å². The summed E-state index contributed by atoms with van der Waals surface area (Å²) in [4.78, 5) is 17.5. The van der Waals surface area contributed by atoms with Crippen molar-refractivity contribution in [2.45, 2.75) is 40.5 Å². The van der Waals surface area contributed by atoms with E-state index in [1.807, 2.05) is 0 Å². The summed E-state index contributed by atoms with van der Waals surface area (Å²) in [6, 6.07) is 5.09. The molecule has 0 saturated carbocycles. The second kappa shape index (κ2) is 7.72. The average molecular weight is 421 g/mol. The first-order valence-electron chi connectivity index (χ1n) is 9.06. The smallest absolute Gasteiger partial charge is 0.340 e. The lowest BCUT2D eigenvalue weighted by Gasteiger charge is -2.33. The zero-order valence-electron chi connectivity index (χ0n) is 16.3. The Hall–Kier alpha value is -2.11. The maximum absolute atomic E-state index is 12.8. The van der Waals surface area contributed by atoms with E-state index in [-0.39, 0.29) is 12.0 Å². The molecule has 0 fully saturated rings. The quantitative estimate of drug-likeness (QED) is 0.393. The molecule has 28 heavy (non-hydrogen) atoms. The molecule has 3 rings (SSSR count). The van der Waals surface area contributed by atoms with Gasteiger partial charge in [0.2, 0.25) is 0 Å². The number of hydrogen-bond acceptors (Lipinski definition) is 5. The largest absolute Gasteiger partial charge is 0.462 e. The number of halogens is 2. The summed E-state index contributed by atoms with van der Waals surface area (Å²) in [5.41, 5.74) is 3.84. The van der Waals surface area contributed by atoms with Crippen LogP contribution in [0.5, 0.6) is 0 Å². The number of esters is 1. The minimum atomic E-state index is -0.488. The van der Waals surface area contributed by atoms with Crippen molar-refractivity contribution in [1.82, 2.24) is 4.98 Å². The Morgan fingerprint density at radius 2 is 2.00 bits per heavy atom. The Morgan fingerprint density at radius 1 is 1.29 bits per heavy atom. The topological polar surface area (TPSA) is 71.8 Å². The molecule has 1 aromatic carbocycles. The second-order valence-electron chi connectivity index (χ2n) is 7.68. The molecule has 0 spiro atoms. The predicted octanol–water partition coefficient (Wildman–Crippen LogP) is 5.69. The van der Waals surface area contributed by atoms with Crippen molar-refractivity contribution >= 4 is 34.9 Å². The third-order valence-corrected chi connectivity index (χ3v) is 5.38. The van der Waals surface area contributed by atoms with Crippen molar-refractivity contribution in [1.29, 1.82) is 0 Å². The van der Waals surface area contributed by atoms with Gasteiger partial charge in [0.1, 0.15) is 0 Å². The van der Waals surface area contributed by atoms with Crippen LogP contribution in [-0.2, 0) is 11.2 Å². The molecule has 148 valence electrons. The third kappa shape index (κ3) is 3.74. The van der Waals surface area contributed by atoms with Crippen molar-refractivity contribution < 1.29 is 14.7 Å². The first-order valence-corrected chi connectivity index (χ1v) is 9.81. The van der Waals surface area contributed by atoms with Crippen LogP contribution in [0.2, 0.25) is 10.0 Å².